The summed E-state index contributed by atoms with van der Waals surface area (Å²) in [6.45, 7) is 2.15. The van der Waals surface area contributed by atoms with E-state index in [1.807, 2.05) is 37.3 Å². The van der Waals surface area contributed by atoms with Crippen LogP contribution in [0.2, 0.25) is 0 Å². The molecule has 2 unspecified atom stereocenters. The lowest BCUT2D eigenvalue weighted by Crippen LogP contribution is -2.34. The van der Waals surface area contributed by atoms with Gasteiger partial charge < -0.3 is 14.9 Å². The summed E-state index contributed by atoms with van der Waals surface area (Å²) >= 11 is 0. The Bertz CT molecular complexity index is 261. The molecule has 0 aliphatic heterocycles. The molecule has 0 bridgehead atoms. The molecule has 15 heavy (non-hydrogen) atoms. The molecule has 0 aromatic heterocycles. The van der Waals surface area contributed by atoms with Crippen molar-refractivity contribution in [1.29, 1.82) is 0 Å². The second-order valence-electron chi connectivity index (χ2n) is 3.43. The maximum Gasteiger partial charge on any atom is 0.103 e. The Hall–Kier alpha value is -0.900. The highest BCUT2D eigenvalue weighted by molar-refractivity contribution is 5.15. The SMILES string of the molecule is CCOC(Cc1ccccc1)C(O)CO. The highest BCUT2D eigenvalue weighted by Gasteiger charge is 2.18. The molecule has 1 aromatic rings. The molecule has 3 heteroatoms. The average Bonchev–Trinajstić information content (AvgIpc) is 2.29. The Balaban J connectivity index is 2.58. The molecule has 0 saturated heterocycles. The molecule has 0 aliphatic rings. The fourth-order valence-electron chi connectivity index (χ4n) is 1.48. The first kappa shape index (κ1) is 12.2. The molecule has 0 radical (unpaired) electrons. The van der Waals surface area contributed by atoms with E-state index in [-0.39, 0.29) is 12.7 Å². The van der Waals surface area contributed by atoms with Gasteiger partial charge in [-0.25, -0.2) is 0 Å². The van der Waals surface area contributed by atoms with Gasteiger partial charge >= 0.3 is 0 Å². The zero-order chi connectivity index (χ0) is 11.1. The van der Waals surface area contributed by atoms with Crippen molar-refractivity contribution in [3.05, 3.63) is 35.9 Å². The number of aliphatic hydroxyl groups is 2. The van der Waals surface area contributed by atoms with Gasteiger partial charge in [0.1, 0.15) is 6.10 Å². The largest absolute Gasteiger partial charge is 0.394 e. The zero-order valence-corrected chi connectivity index (χ0v) is 8.97. The third-order valence-electron chi connectivity index (χ3n) is 2.28. The molecule has 0 fully saturated rings. The van der Waals surface area contributed by atoms with Gasteiger partial charge in [-0.05, 0) is 12.5 Å². The summed E-state index contributed by atoms with van der Waals surface area (Å²) in [6.07, 6.45) is -0.524. The van der Waals surface area contributed by atoms with Crippen LogP contribution < -0.4 is 0 Å². The van der Waals surface area contributed by atoms with E-state index in [9.17, 15) is 5.11 Å². The van der Waals surface area contributed by atoms with Crippen LogP contribution in [0.4, 0.5) is 0 Å². The molecule has 84 valence electrons. The summed E-state index contributed by atoms with van der Waals surface area (Å²) in [5.41, 5.74) is 1.10. The highest BCUT2D eigenvalue weighted by atomic mass is 16.5. The van der Waals surface area contributed by atoms with Crippen molar-refractivity contribution in [2.24, 2.45) is 0 Å². The summed E-state index contributed by atoms with van der Waals surface area (Å²) in [5.74, 6) is 0. The molecule has 0 saturated carbocycles. The van der Waals surface area contributed by atoms with Crippen molar-refractivity contribution >= 4 is 0 Å². The van der Waals surface area contributed by atoms with Crippen LogP contribution in [0.15, 0.2) is 30.3 Å². The molecular weight excluding hydrogens is 192 g/mol. The van der Waals surface area contributed by atoms with Crippen LogP contribution in [0.1, 0.15) is 12.5 Å². The van der Waals surface area contributed by atoms with Crippen molar-refractivity contribution < 1.29 is 14.9 Å². The van der Waals surface area contributed by atoms with E-state index in [1.54, 1.807) is 0 Å². The van der Waals surface area contributed by atoms with Crippen LogP contribution in [-0.2, 0) is 11.2 Å². The van der Waals surface area contributed by atoms with E-state index >= 15 is 0 Å². The maximum atomic E-state index is 9.54. The summed E-state index contributed by atoms with van der Waals surface area (Å²) in [4.78, 5) is 0. The minimum absolute atomic E-state index is 0.266. The van der Waals surface area contributed by atoms with Crippen molar-refractivity contribution in [1.82, 2.24) is 0 Å². The van der Waals surface area contributed by atoms with Gasteiger partial charge in [-0.15, -0.1) is 0 Å². The maximum absolute atomic E-state index is 9.54. The van der Waals surface area contributed by atoms with E-state index < -0.39 is 6.10 Å². The molecule has 1 aromatic carbocycles. The minimum atomic E-state index is -0.815. The van der Waals surface area contributed by atoms with Crippen LogP contribution in [0, 0.1) is 0 Å². The summed E-state index contributed by atoms with van der Waals surface area (Å²) in [5, 5.41) is 18.4. The van der Waals surface area contributed by atoms with Gasteiger partial charge in [-0.1, -0.05) is 30.3 Å². The lowest BCUT2D eigenvalue weighted by molar-refractivity contribution is -0.0531. The molecule has 0 spiro atoms. The Morgan fingerprint density at radius 1 is 1.27 bits per heavy atom. The van der Waals surface area contributed by atoms with Gasteiger partial charge in [-0.3, -0.25) is 0 Å². The number of ether oxygens (including phenoxy) is 1. The number of rotatable bonds is 6. The molecule has 1 rings (SSSR count). The summed E-state index contributed by atoms with van der Waals surface area (Å²) in [7, 11) is 0. The van der Waals surface area contributed by atoms with Crippen molar-refractivity contribution in [3.8, 4) is 0 Å². The molecule has 2 N–H and O–H groups in total. The monoisotopic (exact) mass is 210 g/mol. The van der Waals surface area contributed by atoms with Crippen molar-refractivity contribution in [3.63, 3.8) is 0 Å². The third kappa shape index (κ3) is 4.00. The van der Waals surface area contributed by atoms with Gasteiger partial charge in [0.25, 0.3) is 0 Å². The van der Waals surface area contributed by atoms with E-state index in [4.69, 9.17) is 9.84 Å². The summed E-state index contributed by atoms with van der Waals surface area (Å²) in [6, 6.07) is 9.81. The first-order valence-electron chi connectivity index (χ1n) is 5.22. The van der Waals surface area contributed by atoms with Crippen LogP contribution in [0.5, 0.6) is 0 Å². The highest BCUT2D eigenvalue weighted by Crippen LogP contribution is 2.09. The second kappa shape index (κ2) is 6.56. The lowest BCUT2D eigenvalue weighted by Gasteiger charge is -2.21. The van der Waals surface area contributed by atoms with E-state index in [0.29, 0.717) is 13.0 Å². The number of aliphatic hydroxyl groups excluding tert-OH is 2. The first-order chi connectivity index (χ1) is 7.27. The third-order valence-corrected chi connectivity index (χ3v) is 2.28. The van der Waals surface area contributed by atoms with E-state index in [0.717, 1.165) is 5.56 Å². The number of benzene rings is 1. The van der Waals surface area contributed by atoms with Gasteiger partial charge in [0.15, 0.2) is 0 Å². The minimum Gasteiger partial charge on any atom is -0.394 e. The van der Waals surface area contributed by atoms with Gasteiger partial charge in [0.2, 0.25) is 0 Å². The fourth-order valence-corrected chi connectivity index (χ4v) is 1.48. The standard InChI is InChI=1S/C12H18O3/c1-2-15-12(11(14)9-13)8-10-6-4-3-5-7-10/h3-7,11-14H,2,8-9H2,1H3. The van der Waals surface area contributed by atoms with E-state index in [2.05, 4.69) is 0 Å². The summed E-state index contributed by atoms with van der Waals surface area (Å²) < 4.78 is 5.39. The normalized spacial score (nSPS) is 14.9. The molecule has 0 aliphatic carbocycles. The Morgan fingerprint density at radius 2 is 1.93 bits per heavy atom. The Kier molecular flexibility index (Phi) is 5.32. The van der Waals surface area contributed by atoms with Crippen molar-refractivity contribution in [2.45, 2.75) is 25.6 Å². The number of hydrogen-bond donors (Lipinski definition) is 2. The predicted octanol–water partition coefficient (Wildman–Crippen LogP) is 0.987. The predicted molar refractivity (Wildman–Crippen MR) is 58.7 cm³/mol. The molecule has 3 nitrogen and oxygen atoms in total. The van der Waals surface area contributed by atoms with Gasteiger partial charge in [-0.2, -0.15) is 0 Å². The quantitative estimate of drug-likeness (QED) is 0.736. The van der Waals surface area contributed by atoms with Gasteiger partial charge in [0.05, 0.1) is 12.7 Å². The second-order valence-corrected chi connectivity index (χ2v) is 3.43. The van der Waals surface area contributed by atoms with Crippen molar-refractivity contribution in [2.75, 3.05) is 13.2 Å². The van der Waals surface area contributed by atoms with E-state index in [1.165, 1.54) is 0 Å². The topological polar surface area (TPSA) is 49.7 Å². The fraction of sp³-hybridized carbons (Fsp3) is 0.500. The van der Waals surface area contributed by atoms with Gasteiger partial charge in [0, 0.05) is 13.0 Å². The Labute approximate surface area is 90.3 Å². The first-order valence-corrected chi connectivity index (χ1v) is 5.22. The average molecular weight is 210 g/mol. The smallest absolute Gasteiger partial charge is 0.103 e. The van der Waals surface area contributed by atoms with Crippen LogP contribution >= 0.6 is 0 Å². The number of hydrogen-bond acceptors (Lipinski definition) is 3. The van der Waals surface area contributed by atoms with Crippen LogP contribution in [0.3, 0.4) is 0 Å². The van der Waals surface area contributed by atoms with Crippen LogP contribution in [0.25, 0.3) is 0 Å². The zero-order valence-electron chi connectivity index (χ0n) is 8.97. The molecule has 0 amide bonds. The molecule has 2 atom stereocenters. The Morgan fingerprint density at radius 3 is 2.47 bits per heavy atom. The lowest BCUT2D eigenvalue weighted by atomic mass is 10.0. The van der Waals surface area contributed by atoms with Crippen LogP contribution in [-0.4, -0.2) is 35.6 Å². The molecular formula is C12H18O3. The molecule has 0 heterocycles.